The van der Waals surface area contributed by atoms with Crippen molar-refractivity contribution in [3.63, 3.8) is 0 Å². The number of hydrogen-bond donors (Lipinski definition) is 1. The average Bonchev–Trinajstić information content (AvgIpc) is 3.05. The van der Waals surface area contributed by atoms with E-state index in [2.05, 4.69) is 17.1 Å². The first kappa shape index (κ1) is 14.6. The Hall–Kier alpha value is -0.850. The van der Waals surface area contributed by atoms with Crippen molar-refractivity contribution in [1.29, 1.82) is 0 Å². The number of thiophene rings is 1. The lowest BCUT2D eigenvalue weighted by atomic mass is 10.3. The van der Waals surface area contributed by atoms with Gasteiger partial charge in [0, 0.05) is 18.3 Å². The predicted molar refractivity (Wildman–Crippen MR) is 79.6 cm³/mol. The third kappa shape index (κ3) is 4.63. The van der Waals surface area contributed by atoms with E-state index in [1.165, 1.54) is 0 Å². The number of aromatic nitrogens is 2. The zero-order valence-corrected chi connectivity index (χ0v) is 12.5. The van der Waals surface area contributed by atoms with Crippen LogP contribution in [0.25, 0.3) is 10.7 Å². The van der Waals surface area contributed by atoms with Gasteiger partial charge in [-0.25, -0.2) is 0 Å². The molecule has 2 heterocycles. The molecule has 2 aromatic heterocycles. The Bertz CT molecular complexity index is 471. The van der Waals surface area contributed by atoms with Crippen LogP contribution in [-0.4, -0.2) is 32.9 Å². The lowest BCUT2D eigenvalue weighted by Gasteiger charge is -2.07. The van der Waals surface area contributed by atoms with Crippen molar-refractivity contribution in [2.45, 2.75) is 31.4 Å². The molecule has 19 heavy (non-hydrogen) atoms. The zero-order valence-electron chi connectivity index (χ0n) is 10.9. The van der Waals surface area contributed by atoms with Crippen LogP contribution in [-0.2, 0) is 6.42 Å². The number of rotatable bonds is 8. The van der Waals surface area contributed by atoms with Gasteiger partial charge < -0.3 is 9.63 Å². The molecule has 1 unspecified atom stereocenters. The second kappa shape index (κ2) is 7.67. The Labute approximate surface area is 121 Å². The number of hydrogen-bond acceptors (Lipinski definition) is 6. The van der Waals surface area contributed by atoms with Crippen LogP contribution in [0.15, 0.2) is 22.0 Å². The summed E-state index contributed by atoms with van der Waals surface area (Å²) in [7, 11) is 0. The Morgan fingerprint density at radius 2 is 2.42 bits per heavy atom. The van der Waals surface area contributed by atoms with Gasteiger partial charge in [-0.2, -0.15) is 16.7 Å². The molecule has 0 saturated heterocycles. The molecule has 2 aromatic rings. The standard InChI is InChI=1S/C13H18N2O2S2/c1-10(6-7-16)18-8-3-5-12-14-13(15-17-12)11-4-2-9-19-11/h2,4,9-10,16H,3,5-8H2,1H3. The van der Waals surface area contributed by atoms with Gasteiger partial charge >= 0.3 is 0 Å². The van der Waals surface area contributed by atoms with Gasteiger partial charge in [0.1, 0.15) is 0 Å². The maximum Gasteiger partial charge on any atom is 0.227 e. The number of nitrogens with zero attached hydrogens (tertiary/aromatic N) is 2. The van der Waals surface area contributed by atoms with Crippen LogP contribution in [0.5, 0.6) is 0 Å². The molecule has 0 aromatic carbocycles. The van der Waals surface area contributed by atoms with Crippen LogP contribution in [0.1, 0.15) is 25.7 Å². The first-order valence-corrected chi connectivity index (χ1v) is 8.31. The molecule has 0 bridgehead atoms. The second-order valence-corrected chi connectivity index (χ2v) is 6.78. The van der Waals surface area contributed by atoms with E-state index < -0.39 is 0 Å². The molecular weight excluding hydrogens is 280 g/mol. The summed E-state index contributed by atoms with van der Waals surface area (Å²) in [5.41, 5.74) is 0. The lowest BCUT2D eigenvalue weighted by Crippen LogP contribution is -2.01. The Balaban J connectivity index is 1.72. The number of thioether (sulfide) groups is 1. The van der Waals surface area contributed by atoms with E-state index in [1.54, 1.807) is 11.3 Å². The summed E-state index contributed by atoms with van der Waals surface area (Å²) in [4.78, 5) is 5.43. The molecule has 0 aliphatic heterocycles. The summed E-state index contributed by atoms with van der Waals surface area (Å²) in [5.74, 6) is 2.45. The topological polar surface area (TPSA) is 59.2 Å². The fourth-order valence-electron chi connectivity index (χ4n) is 1.64. The third-order valence-electron chi connectivity index (χ3n) is 2.68. The van der Waals surface area contributed by atoms with Gasteiger partial charge in [0.15, 0.2) is 0 Å². The molecule has 1 atom stereocenters. The highest BCUT2D eigenvalue weighted by Gasteiger charge is 2.09. The first-order chi connectivity index (χ1) is 9.29. The van der Waals surface area contributed by atoms with Crippen LogP contribution in [0, 0.1) is 0 Å². The van der Waals surface area contributed by atoms with Crippen LogP contribution < -0.4 is 0 Å². The smallest absolute Gasteiger partial charge is 0.227 e. The van der Waals surface area contributed by atoms with E-state index in [9.17, 15) is 0 Å². The number of aliphatic hydroxyl groups is 1. The summed E-state index contributed by atoms with van der Waals surface area (Å²) in [6, 6.07) is 3.97. The molecule has 0 saturated carbocycles. The molecule has 2 rings (SSSR count). The van der Waals surface area contributed by atoms with Crippen molar-refractivity contribution in [1.82, 2.24) is 10.1 Å². The predicted octanol–water partition coefficient (Wildman–Crippen LogP) is 3.23. The van der Waals surface area contributed by atoms with Gasteiger partial charge in [0.25, 0.3) is 0 Å². The van der Waals surface area contributed by atoms with Crippen LogP contribution in [0.2, 0.25) is 0 Å². The van der Waals surface area contributed by atoms with Crippen molar-refractivity contribution in [2.75, 3.05) is 12.4 Å². The second-order valence-electron chi connectivity index (χ2n) is 4.29. The van der Waals surface area contributed by atoms with Crippen LogP contribution in [0.3, 0.4) is 0 Å². The SMILES string of the molecule is CC(CCO)SCCCc1nc(-c2cccs2)no1. The minimum atomic E-state index is 0.266. The van der Waals surface area contributed by atoms with E-state index in [4.69, 9.17) is 9.63 Å². The normalized spacial score (nSPS) is 12.7. The van der Waals surface area contributed by atoms with Gasteiger partial charge in [-0.15, -0.1) is 11.3 Å². The third-order valence-corrected chi connectivity index (χ3v) is 4.88. The molecule has 0 aliphatic carbocycles. The number of aryl methyl sites for hydroxylation is 1. The molecule has 104 valence electrons. The maximum atomic E-state index is 8.82. The molecule has 0 aliphatic rings. The minimum Gasteiger partial charge on any atom is -0.396 e. The highest BCUT2D eigenvalue weighted by Crippen LogP contribution is 2.22. The fourth-order valence-corrected chi connectivity index (χ4v) is 3.27. The highest BCUT2D eigenvalue weighted by molar-refractivity contribution is 7.99. The summed E-state index contributed by atoms with van der Waals surface area (Å²) in [6.07, 6.45) is 2.69. The highest BCUT2D eigenvalue weighted by atomic mass is 32.2. The zero-order chi connectivity index (χ0) is 13.5. The van der Waals surface area contributed by atoms with Gasteiger partial charge in [-0.3, -0.25) is 0 Å². The maximum absolute atomic E-state index is 8.82. The Kier molecular flexibility index (Phi) is 5.88. The van der Waals surface area contributed by atoms with E-state index >= 15 is 0 Å². The fraction of sp³-hybridized carbons (Fsp3) is 0.538. The molecule has 4 nitrogen and oxygen atoms in total. The van der Waals surface area contributed by atoms with Crippen molar-refractivity contribution < 1.29 is 9.63 Å². The monoisotopic (exact) mass is 298 g/mol. The minimum absolute atomic E-state index is 0.266. The van der Waals surface area contributed by atoms with Crippen LogP contribution in [0.4, 0.5) is 0 Å². The number of aliphatic hydroxyl groups excluding tert-OH is 1. The van der Waals surface area contributed by atoms with E-state index in [-0.39, 0.29) is 6.61 Å². The van der Waals surface area contributed by atoms with Gasteiger partial charge in [0.05, 0.1) is 4.88 Å². The summed E-state index contributed by atoms with van der Waals surface area (Å²) >= 11 is 3.49. The summed E-state index contributed by atoms with van der Waals surface area (Å²) < 4.78 is 5.24. The largest absolute Gasteiger partial charge is 0.396 e. The van der Waals surface area contributed by atoms with Crippen LogP contribution >= 0.6 is 23.1 Å². The Morgan fingerprint density at radius 3 is 3.16 bits per heavy atom. The Morgan fingerprint density at radius 1 is 1.53 bits per heavy atom. The van der Waals surface area contributed by atoms with Gasteiger partial charge in [-0.1, -0.05) is 18.1 Å². The molecular formula is C13H18N2O2S2. The van der Waals surface area contributed by atoms with Crippen molar-refractivity contribution in [2.24, 2.45) is 0 Å². The quantitative estimate of drug-likeness (QED) is 0.758. The molecule has 0 fully saturated rings. The summed E-state index contributed by atoms with van der Waals surface area (Å²) in [5, 5.41) is 15.3. The molecule has 0 spiro atoms. The molecule has 1 N–H and O–H groups in total. The van der Waals surface area contributed by atoms with Crippen molar-refractivity contribution >= 4 is 23.1 Å². The molecule has 0 radical (unpaired) electrons. The van der Waals surface area contributed by atoms with Crippen molar-refractivity contribution in [3.05, 3.63) is 23.4 Å². The summed E-state index contributed by atoms with van der Waals surface area (Å²) in [6.45, 7) is 2.41. The van der Waals surface area contributed by atoms with Crippen molar-refractivity contribution in [3.8, 4) is 10.7 Å². The average molecular weight is 298 g/mol. The lowest BCUT2D eigenvalue weighted by molar-refractivity contribution is 0.289. The van der Waals surface area contributed by atoms with E-state index in [1.807, 2.05) is 29.3 Å². The van der Waals surface area contributed by atoms with E-state index in [0.717, 1.165) is 29.9 Å². The molecule has 0 amide bonds. The van der Waals surface area contributed by atoms with Gasteiger partial charge in [-0.05, 0) is 30.0 Å². The molecule has 6 heteroatoms. The van der Waals surface area contributed by atoms with Gasteiger partial charge in [0.2, 0.25) is 11.7 Å². The first-order valence-electron chi connectivity index (χ1n) is 6.38. The van der Waals surface area contributed by atoms with E-state index in [0.29, 0.717) is 17.0 Å².